The predicted molar refractivity (Wildman–Crippen MR) is 123 cm³/mol. The number of aryl methyl sites for hydroxylation is 1. The predicted octanol–water partition coefficient (Wildman–Crippen LogP) is 3.16. The molecule has 10 nitrogen and oxygen atoms in total. The van der Waals surface area contributed by atoms with E-state index in [9.17, 15) is 9.00 Å². The number of nitrogens with zero attached hydrogens (tertiary/aromatic N) is 4. The van der Waals surface area contributed by atoms with E-state index < -0.39 is 15.9 Å². The van der Waals surface area contributed by atoms with Crippen molar-refractivity contribution >= 4 is 21.6 Å². The fourth-order valence-corrected chi connectivity index (χ4v) is 5.31. The number of carbonyl (C=O) groups excluding carboxylic acids is 1. The number of urea groups is 1. The van der Waals surface area contributed by atoms with E-state index in [1.807, 2.05) is 19.1 Å². The molecule has 0 bridgehead atoms. The first-order chi connectivity index (χ1) is 15.9. The molecule has 0 saturated heterocycles. The van der Waals surface area contributed by atoms with Gasteiger partial charge in [-0.25, -0.2) is 23.8 Å². The minimum absolute atomic E-state index is 0.111. The first kappa shape index (κ1) is 21.4. The molecule has 0 radical (unpaired) electrons. The molecule has 2 atom stereocenters. The van der Waals surface area contributed by atoms with Crippen molar-refractivity contribution in [2.45, 2.75) is 43.7 Å². The minimum Gasteiger partial charge on any atom is -0.481 e. The summed E-state index contributed by atoms with van der Waals surface area (Å²) < 4.78 is 29.5. The number of amides is 2. The number of fused-ring (bicyclic) bond motifs is 2. The molecule has 11 heteroatoms. The molecule has 2 amide bonds. The maximum Gasteiger partial charge on any atom is 0.354 e. The summed E-state index contributed by atoms with van der Waals surface area (Å²) in [4.78, 5) is 17.2. The van der Waals surface area contributed by atoms with Gasteiger partial charge in [-0.2, -0.15) is 5.10 Å². The number of methoxy groups -OCH3 is 1. The van der Waals surface area contributed by atoms with E-state index in [2.05, 4.69) is 25.8 Å². The number of rotatable bonds is 4. The van der Waals surface area contributed by atoms with Crippen LogP contribution >= 0.6 is 0 Å². The zero-order chi connectivity index (χ0) is 23.2. The Hall–Kier alpha value is -3.44. The molecule has 1 aliphatic carbocycles. The highest BCUT2D eigenvalue weighted by Gasteiger charge is 2.29. The van der Waals surface area contributed by atoms with E-state index in [-0.39, 0.29) is 16.9 Å². The lowest BCUT2D eigenvalue weighted by Crippen LogP contribution is -2.19. The number of anilines is 1. The highest BCUT2D eigenvalue weighted by Crippen LogP contribution is 2.38. The molecule has 2 aromatic heterocycles. The number of carbonyl (C=O) groups is 1. The fraction of sp³-hybridized carbons (Fsp3) is 0.318. The SMILES string of the molecule is COc1cc(-c2ccc3c(c2NC(=O)N=[S@](N)(=O)c2cnn4c2O[C@H](C)C4)CCC3)ccn1. The average molecular weight is 469 g/mol. The highest BCUT2D eigenvalue weighted by atomic mass is 32.2. The second kappa shape index (κ2) is 8.16. The number of benzene rings is 1. The van der Waals surface area contributed by atoms with Crippen molar-refractivity contribution in [1.29, 1.82) is 0 Å². The Kier molecular flexibility index (Phi) is 5.29. The van der Waals surface area contributed by atoms with Gasteiger partial charge in [-0.15, -0.1) is 4.36 Å². The van der Waals surface area contributed by atoms with Crippen molar-refractivity contribution in [1.82, 2.24) is 14.8 Å². The van der Waals surface area contributed by atoms with Gasteiger partial charge in [0.25, 0.3) is 0 Å². The summed E-state index contributed by atoms with van der Waals surface area (Å²) in [5.41, 5.74) is 4.47. The molecule has 0 unspecified atom stereocenters. The summed E-state index contributed by atoms with van der Waals surface area (Å²) in [6.07, 6.45) is 5.61. The standard InChI is InChI=1S/C22H24N6O4S/c1-13-12-28-21(32-13)18(11-25-28)33(23,30)27-22(29)26-20-16-5-3-4-14(16)6-7-17(20)15-8-9-24-19(10-15)31-2/h6-11,13H,3-5,12H2,1-2H3,(H3,23,26,27,29,30)/t13-,33+/m1/s1. The zero-order valence-electron chi connectivity index (χ0n) is 18.3. The summed E-state index contributed by atoms with van der Waals surface area (Å²) in [6, 6.07) is 6.86. The number of hydrogen-bond acceptors (Lipinski definition) is 6. The highest BCUT2D eigenvalue weighted by molar-refractivity contribution is 7.91. The maximum atomic E-state index is 13.2. The van der Waals surface area contributed by atoms with Gasteiger partial charge in [-0.3, -0.25) is 0 Å². The van der Waals surface area contributed by atoms with Gasteiger partial charge in [0.2, 0.25) is 11.8 Å². The van der Waals surface area contributed by atoms with Crippen molar-refractivity contribution in [3.8, 4) is 22.9 Å². The van der Waals surface area contributed by atoms with Crippen LogP contribution in [0.1, 0.15) is 24.5 Å². The van der Waals surface area contributed by atoms with E-state index >= 15 is 0 Å². The summed E-state index contributed by atoms with van der Waals surface area (Å²) >= 11 is 0. The molecule has 5 rings (SSSR count). The number of pyridine rings is 1. The van der Waals surface area contributed by atoms with Crippen LogP contribution in [-0.2, 0) is 29.3 Å². The Bertz CT molecular complexity index is 1380. The third-order valence-electron chi connectivity index (χ3n) is 5.81. The normalized spacial score (nSPS) is 18.1. The molecule has 3 N–H and O–H groups in total. The molecule has 0 saturated carbocycles. The number of nitrogens with two attached hydrogens (primary N) is 1. The third-order valence-corrected chi connectivity index (χ3v) is 7.15. The molecule has 2 aliphatic rings. The van der Waals surface area contributed by atoms with Gasteiger partial charge in [0.15, 0.2) is 9.92 Å². The van der Waals surface area contributed by atoms with Crippen molar-refractivity contribution < 1.29 is 18.5 Å². The van der Waals surface area contributed by atoms with Gasteiger partial charge in [0.1, 0.15) is 11.0 Å². The first-order valence-electron chi connectivity index (χ1n) is 10.6. The third kappa shape index (κ3) is 3.93. The number of nitrogens with one attached hydrogen (secondary N) is 1. The first-order valence-corrected chi connectivity index (χ1v) is 12.2. The summed E-state index contributed by atoms with van der Waals surface area (Å²) in [5.74, 6) is 0.751. The molecule has 172 valence electrons. The Morgan fingerprint density at radius 2 is 2.21 bits per heavy atom. The van der Waals surface area contributed by atoms with E-state index in [0.717, 1.165) is 36.0 Å². The van der Waals surface area contributed by atoms with Crippen LogP contribution in [0.5, 0.6) is 11.8 Å². The topological polar surface area (TPSA) is 134 Å². The van der Waals surface area contributed by atoms with Gasteiger partial charge >= 0.3 is 6.03 Å². The molecular weight excluding hydrogens is 444 g/mol. The van der Waals surface area contributed by atoms with Gasteiger partial charge < -0.3 is 14.8 Å². The maximum absolute atomic E-state index is 13.2. The molecule has 3 heterocycles. The van der Waals surface area contributed by atoms with Crippen LogP contribution in [-0.4, -0.2) is 38.2 Å². The lowest BCUT2D eigenvalue weighted by Gasteiger charge is -2.16. The molecule has 1 aliphatic heterocycles. The molecule has 1 aromatic carbocycles. The van der Waals surface area contributed by atoms with Crippen molar-refractivity contribution in [3.63, 3.8) is 0 Å². The van der Waals surface area contributed by atoms with Gasteiger partial charge in [-0.1, -0.05) is 12.1 Å². The molecular formula is C22H24N6O4S. The van der Waals surface area contributed by atoms with Crippen molar-refractivity contribution in [2.24, 2.45) is 9.50 Å². The second-order valence-corrected chi connectivity index (χ2v) is 9.84. The van der Waals surface area contributed by atoms with Crippen LogP contribution in [0.4, 0.5) is 10.5 Å². The quantitative estimate of drug-likeness (QED) is 0.604. The number of ether oxygens (including phenoxy) is 2. The Labute approximate surface area is 191 Å². The summed E-state index contributed by atoms with van der Waals surface area (Å²) in [7, 11) is -2.01. The Morgan fingerprint density at radius 1 is 1.36 bits per heavy atom. The Balaban J connectivity index is 1.52. The minimum atomic E-state index is -3.56. The van der Waals surface area contributed by atoms with E-state index in [1.165, 1.54) is 11.8 Å². The van der Waals surface area contributed by atoms with Gasteiger partial charge in [0, 0.05) is 17.8 Å². The van der Waals surface area contributed by atoms with Crippen LogP contribution in [0.3, 0.4) is 0 Å². The van der Waals surface area contributed by atoms with Crippen molar-refractivity contribution in [3.05, 3.63) is 47.8 Å². The summed E-state index contributed by atoms with van der Waals surface area (Å²) in [5, 5.41) is 13.0. The lowest BCUT2D eigenvalue weighted by atomic mass is 9.98. The van der Waals surface area contributed by atoms with Crippen LogP contribution < -0.4 is 19.9 Å². The van der Waals surface area contributed by atoms with Crippen molar-refractivity contribution in [2.75, 3.05) is 12.4 Å². The van der Waals surface area contributed by atoms with E-state index in [0.29, 0.717) is 18.1 Å². The van der Waals surface area contributed by atoms with Crippen LogP contribution in [0.15, 0.2) is 45.9 Å². The van der Waals surface area contributed by atoms with Crippen LogP contribution in [0.2, 0.25) is 0 Å². The molecule has 0 spiro atoms. The van der Waals surface area contributed by atoms with Crippen LogP contribution in [0.25, 0.3) is 11.1 Å². The van der Waals surface area contributed by atoms with Gasteiger partial charge in [0.05, 0.1) is 25.5 Å². The smallest absolute Gasteiger partial charge is 0.354 e. The Morgan fingerprint density at radius 3 is 3.03 bits per heavy atom. The number of aromatic nitrogens is 3. The van der Waals surface area contributed by atoms with Gasteiger partial charge in [-0.05, 0) is 48.9 Å². The monoisotopic (exact) mass is 468 g/mol. The lowest BCUT2D eigenvalue weighted by molar-refractivity contribution is 0.248. The van der Waals surface area contributed by atoms with E-state index in [4.69, 9.17) is 14.6 Å². The summed E-state index contributed by atoms with van der Waals surface area (Å²) in [6.45, 7) is 2.39. The largest absolute Gasteiger partial charge is 0.481 e. The molecule has 0 fully saturated rings. The fourth-order valence-electron chi connectivity index (χ4n) is 4.32. The second-order valence-electron chi connectivity index (χ2n) is 8.08. The van der Waals surface area contributed by atoms with Crippen LogP contribution in [0, 0.1) is 0 Å². The average Bonchev–Trinajstić information content (AvgIpc) is 3.49. The number of hydrogen-bond donors (Lipinski definition) is 2. The van der Waals surface area contributed by atoms with E-state index in [1.54, 1.807) is 24.1 Å². The molecule has 3 aromatic rings. The molecule has 33 heavy (non-hydrogen) atoms. The zero-order valence-corrected chi connectivity index (χ0v) is 19.1.